The summed E-state index contributed by atoms with van der Waals surface area (Å²) in [5.41, 5.74) is -1.64. The molecule has 1 saturated heterocycles. The Bertz CT molecular complexity index is 1490. The number of halogens is 6. The number of aryl methyl sites for hydroxylation is 1. The molecule has 2 heterocycles. The van der Waals surface area contributed by atoms with Gasteiger partial charge in [-0.15, -0.1) is 0 Å². The molecule has 2 aromatic rings. The lowest BCUT2D eigenvalue weighted by atomic mass is 9.86. The van der Waals surface area contributed by atoms with Crippen LogP contribution in [-0.2, 0) is 17.6 Å². The lowest BCUT2D eigenvalue weighted by Crippen LogP contribution is -2.63. The average Bonchev–Trinajstić information content (AvgIpc) is 3.85. The van der Waals surface area contributed by atoms with Gasteiger partial charge in [-0.25, -0.2) is 9.42 Å². The summed E-state index contributed by atoms with van der Waals surface area (Å²) in [4.78, 5) is 39.8. The normalized spacial score (nSPS) is 24.8. The molecule has 244 valence electrons. The van der Waals surface area contributed by atoms with E-state index in [1.807, 2.05) is 0 Å². The van der Waals surface area contributed by atoms with Crippen molar-refractivity contribution in [3.63, 3.8) is 0 Å². The number of rotatable bonds is 9. The fraction of sp³-hybridized carbons (Fsp3) is 0.607. The zero-order chi connectivity index (χ0) is 32.5. The number of nitrogens with zero attached hydrogens (tertiary/aromatic N) is 3. The predicted molar refractivity (Wildman–Crippen MR) is 142 cm³/mol. The van der Waals surface area contributed by atoms with Crippen LogP contribution >= 0.6 is 0 Å². The molecule has 4 aliphatic rings. The quantitative estimate of drug-likeness (QED) is 0.306. The highest BCUT2D eigenvalue weighted by Crippen LogP contribution is 2.51. The van der Waals surface area contributed by atoms with Gasteiger partial charge in [0, 0.05) is 5.69 Å². The first-order valence-electron chi connectivity index (χ1n) is 14.5. The summed E-state index contributed by atoms with van der Waals surface area (Å²) in [6.45, 7) is 0.410. The fourth-order valence-corrected chi connectivity index (χ4v) is 6.80. The van der Waals surface area contributed by atoms with Crippen molar-refractivity contribution in [2.75, 3.05) is 11.9 Å². The van der Waals surface area contributed by atoms with Crippen LogP contribution in [0.15, 0.2) is 22.8 Å². The SMILES string of the molecule is Cc1nonc1C(=O)N[C@H](C(=O)Nc1ccc2c(c1)CC(C(O)C(F)(F)F)(N1CC(C(F)(F)F)NC1=O)C2)C(C1CC1)C1CC1. The maximum Gasteiger partial charge on any atom is 0.416 e. The standard InChI is InChI=1S/C28H30F6N6O5/c1-12-20(39-45-38-12)22(41)37-21(19(13-2-3-13)14-4-5-14)23(42)35-17-7-6-15-9-26(10-16(15)8-17,24(43)28(32,33)34)40-11-18(27(29,30)31)36-25(40)44/h6-8,13-14,18-19,21,24,43H,2-5,9-11H2,1H3,(H,35,42)(H,36,44)(H,37,41)/t18?,21-,24?,26?/m0/s1. The number of benzene rings is 1. The second-order valence-corrected chi connectivity index (χ2v) is 12.4. The number of hydrogen-bond donors (Lipinski definition) is 4. The Balaban J connectivity index is 1.26. The largest absolute Gasteiger partial charge is 0.416 e. The smallest absolute Gasteiger partial charge is 0.381 e. The molecular formula is C28H30F6N6O5. The van der Waals surface area contributed by atoms with Gasteiger partial charge in [-0.05, 0) is 91.6 Å². The summed E-state index contributed by atoms with van der Waals surface area (Å²) >= 11 is 0. The van der Waals surface area contributed by atoms with Gasteiger partial charge >= 0.3 is 18.4 Å². The Morgan fingerprint density at radius 3 is 2.24 bits per heavy atom. The van der Waals surface area contributed by atoms with Crippen molar-refractivity contribution in [1.29, 1.82) is 0 Å². The first-order chi connectivity index (χ1) is 21.1. The molecule has 3 fully saturated rings. The number of amides is 4. The van der Waals surface area contributed by atoms with Gasteiger partial charge in [-0.2, -0.15) is 26.3 Å². The van der Waals surface area contributed by atoms with Crippen molar-refractivity contribution in [2.24, 2.45) is 17.8 Å². The third-order valence-corrected chi connectivity index (χ3v) is 9.28. The van der Waals surface area contributed by atoms with Gasteiger partial charge in [0.2, 0.25) is 5.91 Å². The Morgan fingerprint density at radius 2 is 1.71 bits per heavy atom. The lowest BCUT2D eigenvalue weighted by Gasteiger charge is -2.42. The number of aliphatic hydroxyl groups is 1. The third-order valence-electron chi connectivity index (χ3n) is 9.28. The van der Waals surface area contributed by atoms with Crippen LogP contribution in [-0.4, -0.2) is 80.8 Å². The maximum atomic E-state index is 13.9. The van der Waals surface area contributed by atoms with E-state index in [0.717, 1.165) is 25.7 Å². The second-order valence-electron chi connectivity index (χ2n) is 12.4. The highest BCUT2D eigenvalue weighted by Gasteiger charge is 2.62. The van der Waals surface area contributed by atoms with Crippen molar-refractivity contribution in [3.8, 4) is 0 Å². The molecule has 1 aliphatic heterocycles. The first-order valence-corrected chi connectivity index (χ1v) is 14.5. The minimum atomic E-state index is -5.25. The second kappa shape index (κ2) is 10.9. The molecule has 6 rings (SSSR count). The molecule has 0 spiro atoms. The molecule has 4 N–H and O–H groups in total. The number of fused-ring (bicyclic) bond motifs is 1. The first kappa shape index (κ1) is 31.1. The Morgan fingerprint density at radius 1 is 1.07 bits per heavy atom. The molecule has 11 nitrogen and oxygen atoms in total. The zero-order valence-electron chi connectivity index (χ0n) is 23.8. The van der Waals surface area contributed by atoms with Crippen LogP contribution in [0.2, 0.25) is 0 Å². The summed E-state index contributed by atoms with van der Waals surface area (Å²) in [7, 11) is 0. The van der Waals surface area contributed by atoms with E-state index in [4.69, 9.17) is 0 Å². The minimum Gasteiger partial charge on any atom is -0.381 e. The van der Waals surface area contributed by atoms with E-state index < -0.39 is 73.3 Å². The van der Waals surface area contributed by atoms with Crippen molar-refractivity contribution >= 4 is 23.5 Å². The Kier molecular flexibility index (Phi) is 7.52. The van der Waals surface area contributed by atoms with Crippen LogP contribution in [0.4, 0.5) is 36.8 Å². The summed E-state index contributed by atoms with van der Waals surface area (Å²) in [6, 6.07) is -0.548. The monoisotopic (exact) mass is 644 g/mol. The molecule has 0 radical (unpaired) electrons. The molecule has 4 amide bonds. The highest BCUT2D eigenvalue weighted by molar-refractivity contribution is 6.01. The number of aromatic nitrogens is 2. The van der Waals surface area contributed by atoms with Gasteiger partial charge in [-0.3, -0.25) is 9.59 Å². The number of hydrogen-bond acceptors (Lipinski definition) is 7. The molecule has 4 atom stereocenters. The summed E-state index contributed by atoms with van der Waals surface area (Å²) in [5, 5.41) is 24.8. The van der Waals surface area contributed by atoms with Gasteiger partial charge in [0.15, 0.2) is 11.8 Å². The van der Waals surface area contributed by atoms with Crippen molar-refractivity contribution in [1.82, 2.24) is 25.8 Å². The number of carbonyl (C=O) groups is 3. The molecule has 1 aromatic carbocycles. The number of nitrogens with one attached hydrogen (secondary N) is 3. The van der Waals surface area contributed by atoms with E-state index in [0.29, 0.717) is 4.90 Å². The van der Waals surface area contributed by atoms with Gasteiger partial charge < -0.3 is 26.0 Å². The molecule has 17 heteroatoms. The molecule has 0 bridgehead atoms. The predicted octanol–water partition coefficient (Wildman–Crippen LogP) is 3.27. The molecule has 45 heavy (non-hydrogen) atoms. The number of carbonyl (C=O) groups excluding carboxylic acids is 3. The van der Waals surface area contributed by atoms with Crippen molar-refractivity contribution in [2.45, 2.75) is 81.5 Å². The Labute approximate surface area is 252 Å². The minimum absolute atomic E-state index is 0.0750. The summed E-state index contributed by atoms with van der Waals surface area (Å²) < 4.78 is 86.6. The van der Waals surface area contributed by atoms with Gasteiger partial charge in [0.05, 0.1) is 12.1 Å². The van der Waals surface area contributed by atoms with Gasteiger partial charge in [0.25, 0.3) is 5.91 Å². The van der Waals surface area contributed by atoms with Gasteiger partial charge in [-0.1, -0.05) is 11.2 Å². The van der Waals surface area contributed by atoms with Gasteiger partial charge in [0.1, 0.15) is 17.8 Å². The van der Waals surface area contributed by atoms with Crippen molar-refractivity contribution < 1.29 is 50.5 Å². The van der Waals surface area contributed by atoms with Crippen LogP contribution in [0.25, 0.3) is 0 Å². The third kappa shape index (κ3) is 5.93. The molecule has 1 aromatic heterocycles. The van der Waals surface area contributed by atoms with E-state index in [1.54, 1.807) is 5.32 Å². The number of alkyl halides is 6. The average molecular weight is 645 g/mol. The molecular weight excluding hydrogens is 614 g/mol. The van der Waals surface area contributed by atoms with Crippen LogP contribution in [0, 0.1) is 24.7 Å². The van der Waals surface area contributed by atoms with Crippen molar-refractivity contribution in [3.05, 3.63) is 40.7 Å². The van der Waals surface area contributed by atoms with Crippen LogP contribution in [0.5, 0.6) is 0 Å². The molecule has 3 aliphatic carbocycles. The van der Waals surface area contributed by atoms with Crippen LogP contribution in [0.3, 0.4) is 0 Å². The zero-order valence-corrected chi connectivity index (χ0v) is 23.8. The van der Waals surface area contributed by atoms with Crippen LogP contribution < -0.4 is 16.0 Å². The molecule has 2 saturated carbocycles. The Hall–Kier alpha value is -3.89. The molecule has 3 unspecified atom stereocenters. The lowest BCUT2D eigenvalue weighted by molar-refractivity contribution is -0.237. The van der Waals surface area contributed by atoms with E-state index >= 15 is 0 Å². The topological polar surface area (TPSA) is 150 Å². The number of urea groups is 1. The number of aliphatic hydroxyl groups excluding tert-OH is 1. The van der Waals surface area contributed by atoms with E-state index in [2.05, 4.69) is 25.6 Å². The van der Waals surface area contributed by atoms with Crippen LogP contribution in [0.1, 0.15) is 53.0 Å². The van der Waals surface area contributed by atoms with E-state index in [-0.39, 0.29) is 46.0 Å². The highest BCUT2D eigenvalue weighted by atomic mass is 19.4. The maximum absolute atomic E-state index is 13.9. The summed E-state index contributed by atoms with van der Waals surface area (Å²) in [6.07, 6.45) is -10.9. The fourth-order valence-electron chi connectivity index (χ4n) is 6.80. The number of anilines is 1. The summed E-state index contributed by atoms with van der Waals surface area (Å²) in [5.74, 6) is -0.925. The van der Waals surface area contributed by atoms with E-state index in [9.17, 15) is 45.8 Å². The van der Waals surface area contributed by atoms with E-state index in [1.165, 1.54) is 25.1 Å².